The number of aliphatic hydroxyl groups is 1. The van der Waals surface area contributed by atoms with Crippen LogP contribution in [0.1, 0.15) is 52.4 Å². The second-order valence-corrected chi connectivity index (χ2v) is 3.57. The summed E-state index contributed by atoms with van der Waals surface area (Å²) in [6, 6.07) is 0. The van der Waals surface area contributed by atoms with Crippen molar-refractivity contribution in [3.8, 4) is 0 Å². The maximum absolute atomic E-state index is 9.45. The Kier molecular flexibility index (Phi) is 15.0. The molecule has 0 fully saturated rings. The Morgan fingerprint density at radius 1 is 1.20 bits per heavy atom. The first kappa shape index (κ1) is 16.8. The molecule has 4 heteroatoms. The number of aliphatic carboxylic acids is 1. The molecule has 0 aromatic carbocycles. The van der Waals surface area contributed by atoms with Crippen molar-refractivity contribution >= 4 is 5.97 Å². The molecule has 0 aromatic rings. The average Bonchev–Trinajstić information content (AvgIpc) is 2.18. The fraction of sp³-hybridized carbons (Fsp3) is 0.909. The SMILES string of the molecule is CC(O)C(=O)O.CCCCCCCCN. The van der Waals surface area contributed by atoms with Gasteiger partial charge in [-0.15, -0.1) is 0 Å². The van der Waals surface area contributed by atoms with E-state index in [4.69, 9.17) is 15.9 Å². The van der Waals surface area contributed by atoms with Gasteiger partial charge in [-0.05, 0) is 19.9 Å². The van der Waals surface area contributed by atoms with E-state index in [0.717, 1.165) is 6.54 Å². The molecule has 0 heterocycles. The van der Waals surface area contributed by atoms with Gasteiger partial charge in [-0.2, -0.15) is 0 Å². The van der Waals surface area contributed by atoms with Crippen LogP contribution in [0, 0.1) is 0 Å². The highest BCUT2D eigenvalue weighted by Crippen LogP contribution is 2.03. The smallest absolute Gasteiger partial charge is 0.332 e. The molecule has 0 bridgehead atoms. The van der Waals surface area contributed by atoms with E-state index in [2.05, 4.69) is 6.92 Å². The van der Waals surface area contributed by atoms with Crippen LogP contribution in [-0.2, 0) is 4.79 Å². The molecule has 0 rings (SSSR count). The van der Waals surface area contributed by atoms with Gasteiger partial charge in [0.1, 0.15) is 6.10 Å². The molecular weight excluding hydrogens is 194 g/mol. The third kappa shape index (κ3) is 19.7. The van der Waals surface area contributed by atoms with Gasteiger partial charge < -0.3 is 15.9 Å². The van der Waals surface area contributed by atoms with E-state index < -0.39 is 12.1 Å². The van der Waals surface area contributed by atoms with E-state index in [1.807, 2.05) is 0 Å². The molecule has 0 radical (unpaired) electrons. The van der Waals surface area contributed by atoms with E-state index >= 15 is 0 Å². The zero-order valence-electron chi connectivity index (χ0n) is 9.91. The molecule has 0 saturated carbocycles. The second kappa shape index (κ2) is 13.4. The number of carbonyl (C=O) groups is 1. The molecule has 1 atom stereocenters. The van der Waals surface area contributed by atoms with Gasteiger partial charge in [-0.3, -0.25) is 0 Å². The lowest BCUT2D eigenvalue weighted by atomic mass is 10.1. The first-order chi connectivity index (χ1) is 7.06. The lowest BCUT2D eigenvalue weighted by Crippen LogP contribution is -2.13. The summed E-state index contributed by atoms with van der Waals surface area (Å²) >= 11 is 0. The predicted molar refractivity (Wildman–Crippen MR) is 61.7 cm³/mol. The summed E-state index contributed by atoms with van der Waals surface area (Å²) in [4.78, 5) is 9.45. The van der Waals surface area contributed by atoms with Gasteiger partial charge in [-0.25, -0.2) is 4.79 Å². The van der Waals surface area contributed by atoms with E-state index in [1.165, 1.54) is 45.4 Å². The summed E-state index contributed by atoms with van der Waals surface area (Å²) in [5.74, 6) is -1.19. The Morgan fingerprint density at radius 2 is 1.60 bits per heavy atom. The fourth-order valence-electron chi connectivity index (χ4n) is 0.925. The normalized spacial score (nSPS) is 11.5. The first-order valence-corrected chi connectivity index (χ1v) is 5.67. The maximum atomic E-state index is 9.45. The van der Waals surface area contributed by atoms with Crippen LogP contribution in [0.25, 0.3) is 0 Å². The zero-order chi connectivity index (χ0) is 12.1. The van der Waals surface area contributed by atoms with Crippen LogP contribution < -0.4 is 5.73 Å². The molecule has 92 valence electrons. The largest absolute Gasteiger partial charge is 0.479 e. The van der Waals surface area contributed by atoms with Crippen LogP contribution in [-0.4, -0.2) is 28.8 Å². The predicted octanol–water partition coefficient (Wildman–Crippen LogP) is 1.76. The summed E-state index contributed by atoms with van der Waals surface area (Å²) in [5, 5.41) is 15.8. The Balaban J connectivity index is 0. The molecule has 0 aliphatic rings. The minimum Gasteiger partial charge on any atom is -0.479 e. The van der Waals surface area contributed by atoms with Crippen LogP contribution in [0.3, 0.4) is 0 Å². The molecule has 1 unspecified atom stereocenters. The Bertz CT molecular complexity index is 132. The molecule has 4 nitrogen and oxygen atoms in total. The first-order valence-electron chi connectivity index (χ1n) is 5.67. The van der Waals surface area contributed by atoms with Gasteiger partial charge in [-0.1, -0.05) is 39.0 Å². The van der Waals surface area contributed by atoms with Gasteiger partial charge >= 0.3 is 5.97 Å². The number of rotatable bonds is 7. The van der Waals surface area contributed by atoms with Gasteiger partial charge in [0.2, 0.25) is 0 Å². The van der Waals surface area contributed by atoms with Gasteiger partial charge in [0, 0.05) is 0 Å². The number of nitrogens with two attached hydrogens (primary N) is 1. The molecule has 15 heavy (non-hydrogen) atoms. The van der Waals surface area contributed by atoms with Crippen molar-refractivity contribution in [1.82, 2.24) is 0 Å². The van der Waals surface area contributed by atoms with E-state index in [0.29, 0.717) is 0 Å². The molecule has 4 N–H and O–H groups in total. The van der Waals surface area contributed by atoms with Crippen molar-refractivity contribution in [3.63, 3.8) is 0 Å². The van der Waals surface area contributed by atoms with Gasteiger partial charge in [0.25, 0.3) is 0 Å². The summed E-state index contributed by atoms with van der Waals surface area (Å²) < 4.78 is 0. The standard InChI is InChI=1S/C8H19N.C3H6O3/c1-2-3-4-5-6-7-8-9;1-2(4)3(5)6/h2-9H2,1H3;2,4H,1H3,(H,5,6). The van der Waals surface area contributed by atoms with Crippen LogP contribution in [0.5, 0.6) is 0 Å². The van der Waals surface area contributed by atoms with Crippen LogP contribution in [0.4, 0.5) is 0 Å². The lowest BCUT2D eigenvalue weighted by Gasteiger charge is -1.96. The van der Waals surface area contributed by atoms with Crippen molar-refractivity contribution in [3.05, 3.63) is 0 Å². The Hall–Kier alpha value is -0.610. The van der Waals surface area contributed by atoms with E-state index in [1.54, 1.807) is 0 Å². The van der Waals surface area contributed by atoms with Crippen molar-refractivity contribution < 1.29 is 15.0 Å². The number of carboxylic acid groups (broad SMARTS) is 1. The third-order valence-corrected chi connectivity index (χ3v) is 1.92. The Morgan fingerprint density at radius 3 is 1.93 bits per heavy atom. The lowest BCUT2D eigenvalue weighted by molar-refractivity contribution is -0.145. The quantitative estimate of drug-likeness (QED) is 0.570. The molecule has 0 spiro atoms. The van der Waals surface area contributed by atoms with Crippen molar-refractivity contribution in [1.29, 1.82) is 0 Å². The van der Waals surface area contributed by atoms with Crippen molar-refractivity contribution in [2.24, 2.45) is 5.73 Å². The van der Waals surface area contributed by atoms with Crippen LogP contribution >= 0.6 is 0 Å². The zero-order valence-corrected chi connectivity index (χ0v) is 9.91. The van der Waals surface area contributed by atoms with E-state index in [9.17, 15) is 4.79 Å². The van der Waals surface area contributed by atoms with E-state index in [-0.39, 0.29) is 0 Å². The number of hydrogen-bond donors (Lipinski definition) is 3. The number of aliphatic hydroxyl groups excluding tert-OH is 1. The molecule has 0 aliphatic carbocycles. The Labute approximate surface area is 92.5 Å². The summed E-state index contributed by atoms with van der Waals surface area (Å²) in [6.45, 7) is 4.30. The minimum atomic E-state index is -1.23. The number of hydrogen-bond acceptors (Lipinski definition) is 3. The van der Waals surface area contributed by atoms with Gasteiger partial charge in [0.15, 0.2) is 0 Å². The van der Waals surface area contributed by atoms with Crippen LogP contribution in [0.15, 0.2) is 0 Å². The second-order valence-electron chi connectivity index (χ2n) is 3.57. The van der Waals surface area contributed by atoms with Crippen molar-refractivity contribution in [2.75, 3.05) is 6.54 Å². The fourth-order valence-corrected chi connectivity index (χ4v) is 0.925. The topological polar surface area (TPSA) is 83.5 Å². The highest BCUT2D eigenvalue weighted by atomic mass is 16.4. The summed E-state index contributed by atoms with van der Waals surface area (Å²) in [6.07, 6.45) is 6.82. The molecule has 0 saturated heterocycles. The molecule has 0 aliphatic heterocycles. The van der Waals surface area contributed by atoms with Gasteiger partial charge in [0.05, 0.1) is 0 Å². The monoisotopic (exact) mass is 219 g/mol. The summed E-state index contributed by atoms with van der Waals surface area (Å²) in [7, 11) is 0. The van der Waals surface area contributed by atoms with Crippen LogP contribution in [0.2, 0.25) is 0 Å². The number of carboxylic acids is 1. The number of unbranched alkanes of at least 4 members (excludes halogenated alkanes) is 5. The highest BCUT2D eigenvalue weighted by molar-refractivity contribution is 5.71. The summed E-state index contributed by atoms with van der Waals surface area (Å²) in [5.41, 5.74) is 5.34. The minimum absolute atomic E-state index is 0.867. The average molecular weight is 219 g/mol. The van der Waals surface area contributed by atoms with Crippen molar-refractivity contribution in [2.45, 2.75) is 58.5 Å². The third-order valence-electron chi connectivity index (χ3n) is 1.92. The molecule has 0 aromatic heterocycles. The maximum Gasteiger partial charge on any atom is 0.332 e. The molecule has 0 amide bonds. The highest BCUT2D eigenvalue weighted by Gasteiger charge is 2.01. The molecular formula is C11H25NO3.